The maximum atomic E-state index is 11.5. The van der Waals surface area contributed by atoms with E-state index in [1.54, 1.807) is 0 Å². The molecule has 1 aliphatic rings. The SMILES string of the molecule is CC(C)(C)OC(=O)NC1CC(Cc2nnco2)C1. The van der Waals surface area contributed by atoms with Crippen molar-refractivity contribution in [3.8, 4) is 0 Å². The van der Waals surface area contributed by atoms with Crippen molar-refractivity contribution in [2.45, 2.75) is 51.7 Å². The second kappa shape index (κ2) is 4.96. The first kappa shape index (κ1) is 12.9. The number of carbonyl (C=O) groups is 1. The minimum absolute atomic E-state index is 0.202. The van der Waals surface area contributed by atoms with E-state index in [0.717, 1.165) is 19.3 Å². The van der Waals surface area contributed by atoms with E-state index < -0.39 is 5.60 Å². The second-order valence-electron chi connectivity index (χ2n) is 5.72. The predicted molar refractivity (Wildman–Crippen MR) is 63.9 cm³/mol. The first-order valence-corrected chi connectivity index (χ1v) is 6.17. The van der Waals surface area contributed by atoms with Crippen LogP contribution >= 0.6 is 0 Å². The molecule has 1 N–H and O–H groups in total. The fourth-order valence-electron chi connectivity index (χ4n) is 2.03. The number of ether oxygens (including phenoxy) is 1. The molecule has 2 rings (SSSR count). The number of nitrogens with zero attached hydrogens (tertiary/aromatic N) is 2. The number of rotatable bonds is 3. The van der Waals surface area contributed by atoms with Gasteiger partial charge >= 0.3 is 6.09 Å². The lowest BCUT2D eigenvalue weighted by atomic mass is 9.78. The molecule has 0 radical (unpaired) electrons. The van der Waals surface area contributed by atoms with Gasteiger partial charge in [-0.05, 0) is 39.5 Å². The molecule has 1 aliphatic carbocycles. The lowest BCUT2D eigenvalue weighted by Gasteiger charge is -2.35. The van der Waals surface area contributed by atoms with Gasteiger partial charge in [-0.2, -0.15) is 0 Å². The zero-order valence-electron chi connectivity index (χ0n) is 11.0. The molecule has 1 aromatic heterocycles. The van der Waals surface area contributed by atoms with Gasteiger partial charge in [0.1, 0.15) is 5.60 Å². The van der Waals surface area contributed by atoms with E-state index in [0.29, 0.717) is 11.8 Å². The lowest BCUT2D eigenvalue weighted by molar-refractivity contribution is 0.0451. The van der Waals surface area contributed by atoms with Crippen molar-refractivity contribution < 1.29 is 13.9 Å². The summed E-state index contributed by atoms with van der Waals surface area (Å²) in [5.74, 6) is 1.17. The molecule has 1 fully saturated rings. The summed E-state index contributed by atoms with van der Waals surface area (Å²) in [7, 11) is 0. The number of carbonyl (C=O) groups excluding carboxylic acids is 1. The highest BCUT2D eigenvalue weighted by Crippen LogP contribution is 2.30. The van der Waals surface area contributed by atoms with E-state index in [-0.39, 0.29) is 12.1 Å². The maximum Gasteiger partial charge on any atom is 0.407 e. The molecular formula is C12H19N3O3. The van der Waals surface area contributed by atoms with Crippen LogP contribution in [0.1, 0.15) is 39.5 Å². The van der Waals surface area contributed by atoms with Gasteiger partial charge in [-0.25, -0.2) is 4.79 Å². The summed E-state index contributed by atoms with van der Waals surface area (Å²) >= 11 is 0. The van der Waals surface area contributed by atoms with Gasteiger partial charge in [0, 0.05) is 12.5 Å². The van der Waals surface area contributed by atoms with Gasteiger partial charge in [0.2, 0.25) is 12.3 Å². The van der Waals surface area contributed by atoms with E-state index in [1.807, 2.05) is 20.8 Å². The van der Waals surface area contributed by atoms with Crippen molar-refractivity contribution in [2.24, 2.45) is 5.92 Å². The van der Waals surface area contributed by atoms with Gasteiger partial charge in [-0.3, -0.25) is 0 Å². The van der Waals surface area contributed by atoms with E-state index in [4.69, 9.17) is 9.15 Å². The zero-order valence-corrected chi connectivity index (χ0v) is 11.0. The molecule has 0 spiro atoms. The molecule has 0 unspecified atom stereocenters. The quantitative estimate of drug-likeness (QED) is 0.890. The Morgan fingerprint density at radius 2 is 2.28 bits per heavy atom. The van der Waals surface area contributed by atoms with Gasteiger partial charge in [0.25, 0.3) is 0 Å². The summed E-state index contributed by atoms with van der Waals surface area (Å²) < 4.78 is 10.3. The van der Waals surface area contributed by atoms with E-state index in [2.05, 4.69) is 15.5 Å². The van der Waals surface area contributed by atoms with Crippen LogP contribution in [0.4, 0.5) is 4.79 Å². The molecule has 0 saturated heterocycles. The zero-order chi connectivity index (χ0) is 13.2. The van der Waals surface area contributed by atoms with Crippen molar-refractivity contribution in [1.29, 1.82) is 0 Å². The Kier molecular flexibility index (Phi) is 3.54. The topological polar surface area (TPSA) is 77.2 Å². The van der Waals surface area contributed by atoms with Crippen LogP contribution in [-0.2, 0) is 11.2 Å². The molecule has 0 atom stereocenters. The molecule has 1 aromatic rings. The summed E-state index contributed by atoms with van der Waals surface area (Å²) in [6, 6.07) is 0.202. The highest BCUT2D eigenvalue weighted by molar-refractivity contribution is 5.68. The van der Waals surface area contributed by atoms with Crippen molar-refractivity contribution in [3.05, 3.63) is 12.3 Å². The summed E-state index contributed by atoms with van der Waals surface area (Å²) in [6.07, 6.45) is 3.64. The number of hydrogen-bond donors (Lipinski definition) is 1. The standard InChI is InChI=1S/C12H19N3O3/c1-12(2,3)18-11(16)14-9-4-8(5-9)6-10-15-13-7-17-10/h7-9H,4-6H2,1-3H3,(H,14,16). The first-order chi connectivity index (χ1) is 8.42. The van der Waals surface area contributed by atoms with E-state index in [9.17, 15) is 4.79 Å². The monoisotopic (exact) mass is 253 g/mol. The summed E-state index contributed by atoms with van der Waals surface area (Å²) in [5, 5.41) is 10.3. The smallest absolute Gasteiger partial charge is 0.407 e. The minimum Gasteiger partial charge on any atom is -0.444 e. The van der Waals surface area contributed by atoms with Gasteiger partial charge in [-0.1, -0.05) is 0 Å². The Labute approximate surface area is 106 Å². The number of amides is 1. The fourth-order valence-corrected chi connectivity index (χ4v) is 2.03. The first-order valence-electron chi connectivity index (χ1n) is 6.17. The molecule has 0 aliphatic heterocycles. The Morgan fingerprint density at radius 1 is 1.56 bits per heavy atom. The molecule has 0 bridgehead atoms. The van der Waals surface area contributed by atoms with Gasteiger partial charge in [-0.15, -0.1) is 10.2 Å². The maximum absolute atomic E-state index is 11.5. The molecule has 1 amide bonds. The molecule has 18 heavy (non-hydrogen) atoms. The van der Waals surface area contributed by atoms with Crippen LogP contribution in [-0.4, -0.2) is 27.9 Å². The number of nitrogens with one attached hydrogen (secondary N) is 1. The predicted octanol–water partition coefficient (Wildman–Crippen LogP) is 1.92. The third kappa shape index (κ3) is 3.72. The summed E-state index contributed by atoms with van der Waals surface area (Å²) in [4.78, 5) is 11.5. The van der Waals surface area contributed by atoms with Crippen LogP contribution < -0.4 is 5.32 Å². The normalized spacial score (nSPS) is 23.3. The molecule has 100 valence electrons. The minimum atomic E-state index is -0.447. The number of aromatic nitrogens is 2. The number of alkyl carbamates (subject to hydrolysis) is 1. The third-order valence-electron chi connectivity index (χ3n) is 2.83. The van der Waals surface area contributed by atoms with Crippen LogP contribution in [0.5, 0.6) is 0 Å². The fraction of sp³-hybridized carbons (Fsp3) is 0.750. The average molecular weight is 253 g/mol. The lowest BCUT2D eigenvalue weighted by Crippen LogP contribution is -2.46. The van der Waals surface area contributed by atoms with Crippen LogP contribution in [0, 0.1) is 5.92 Å². The Morgan fingerprint density at radius 3 is 2.83 bits per heavy atom. The molecule has 6 nitrogen and oxygen atoms in total. The average Bonchev–Trinajstić information content (AvgIpc) is 2.63. The van der Waals surface area contributed by atoms with Gasteiger partial charge in [0.15, 0.2) is 0 Å². The molecule has 1 saturated carbocycles. The van der Waals surface area contributed by atoms with Crippen molar-refractivity contribution >= 4 is 6.09 Å². The Hall–Kier alpha value is -1.59. The summed E-state index contributed by atoms with van der Waals surface area (Å²) in [5.41, 5.74) is -0.447. The summed E-state index contributed by atoms with van der Waals surface area (Å²) in [6.45, 7) is 5.56. The van der Waals surface area contributed by atoms with Crippen LogP contribution in [0.3, 0.4) is 0 Å². The number of hydrogen-bond acceptors (Lipinski definition) is 5. The molecule has 6 heteroatoms. The van der Waals surface area contributed by atoms with Crippen molar-refractivity contribution in [2.75, 3.05) is 0 Å². The van der Waals surface area contributed by atoms with E-state index >= 15 is 0 Å². The third-order valence-corrected chi connectivity index (χ3v) is 2.83. The van der Waals surface area contributed by atoms with Crippen LogP contribution in [0.2, 0.25) is 0 Å². The Balaban J connectivity index is 1.66. The van der Waals surface area contributed by atoms with Crippen LogP contribution in [0.15, 0.2) is 10.8 Å². The molecular weight excluding hydrogens is 234 g/mol. The van der Waals surface area contributed by atoms with Crippen LogP contribution in [0.25, 0.3) is 0 Å². The van der Waals surface area contributed by atoms with E-state index in [1.165, 1.54) is 6.39 Å². The molecule has 1 heterocycles. The second-order valence-corrected chi connectivity index (χ2v) is 5.72. The van der Waals surface area contributed by atoms with Gasteiger partial charge < -0.3 is 14.5 Å². The largest absolute Gasteiger partial charge is 0.444 e. The van der Waals surface area contributed by atoms with Crippen molar-refractivity contribution in [1.82, 2.24) is 15.5 Å². The highest BCUT2D eigenvalue weighted by Gasteiger charge is 2.32. The van der Waals surface area contributed by atoms with Crippen molar-refractivity contribution in [3.63, 3.8) is 0 Å². The molecule has 0 aromatic carbocycles. The Bertz CT molecular complexity index is 391. The highest BCUT2D eigenvalue weighted by atomic mass is 16.6. The van der Waals surface area contributed by atoms with Gasteiger partial charge in [0.05, 0.1) is 0 Å².